The molecule has 2 fully saturated rings. The van der Waals surface area contributed by atoms with Gasteiger partial charge >= 0.3 is 46.3 Å². The molecule has 2 nitrogen and oxygen atoms in total. The van der Waals surface area contributed by atoms with E-state index < -0.39 is 0 Å². The maximum atomic E-state index is 8.33. The Morgan fingerprint density at radius 1 is 0.594 bits per heavy atom. The minimum absolute atomic E-state index is 0. The Balaban J connectivity index is -0.000000201. The zero-order valence-corrected chi connectivity index (χ0v) is 28.7. The van der Waals surface area contributed by atoms with Gasteiger partial charge in [-0.05, 0) is 11.8 Å². The summed E-state index contributed by atoms with van der Waals surface area (Å²) in [5, 5.41) is 0. The normalized spacial score (nSPS) is 40.0. The molecule has 2 saturated carbocycles. The molecule has 0 aliphatic heterocycles. The predicted octanol–water partition coefficient (Wildman–Crippen LogP) is 8.33. The van der Waals surface area contributed by atoms with Crippen LogP contribution in [0.3, 0.4) is 0 Å². The van der Waals surface area contributed by atoms with Gasteiger partial charge in [0.25, 0.3) is 0 Å². The molecule has 2 rings (SSSR count). The molecule has 0 saturated heterocycles. The molecule has 0 aromatic heterocycles. The summed E-state index contributed by atoms with van der Waals surface area (Å²) in [5.41, 5.74) is 0. The first-order valence-electron chi connectivity index (χ1n) is 11.6. The van der Waals surface area contributed by atoms with Crippen LogP contribution in [-0.2, 0) is 46.3 Å². The second kappa shape index (κ2) is 20.2. The first kappa shape index (κ1) is 40.2. The van der Waals surface area contributed by atoms with E-state index in [2.05, 4.69) is 83.1 Å². The van der Waals surface area contributed by atoms with E-state index in [1.165, 1.54) is 12.8 Å². The van der Waals surface area contributed by atoms with Gasteiger partial charge in [0.2, 0.25) is 0 Å². The molecule has 2 aliphatic carbocycles. The molecular formula is C28H54O2W2-6. The van der Waals surface area contributed by atoms with Crippen molar-refractivity contribution in [2.45, 2.75) is 68.2 Å². The molecule has 0 bridgehead atoms. The Labute approximate surface area is 227 Å². The maximum absolute atomic E-state index is 8.33. The third-order valence-corrected chi connectivity index (χ3v) is 8.57. The summed E-state index contributed by atoms with van der Waals surface area (Å²) in [5.74, 6) is 8.76. The van der Waals surface area contributed by atoms with E-state index in [9.17, 15) is 0 Å². The molecule has 0 spiro atoms. The van der Waals surface area contributed by atoms with E-state index in [1.54, 1.807) is 0 Å². The Bertz CT molecular complexity index is 403. The summed E-state index contributed by atoms with van der Waals surface area (Å²) in [6, 6.07) is 0. The third-order valence-electron chi connectivity index (χ3n) is 8.57. The van der Waals surface area contributed by atoms with Crippen molar-refractivity contribution in [3.05, 3.63) is 42.5 Å². The fraction of sp³-hybridized carbons (Fsp3) is 0.786. The van der Waals surface area contributed by atoms with Crippen molar-refractivity contribution in [2.24, 2.45) is 71.0 Å². The van der Waals surface area contributed by atoms with Crippen molar-refractivity contribution in [2.75, 3.05) is 0 Å². The van der Waals surface area contributed by atoms with Crippen molar-refractivity contribution in [1.29, 1.82) is 0 Å². The predicted molar refractivity (Wildman–Crippen MR) is 132 cm³/mol. The van der Waals surface area contributed by atoms with Crippen LogP contribution in [-0.4, -0.2) is 0 Å². The van der Waals surface area contributed by atoms with Gasteiger partial charge in [-0.2, -0.15) is 23.7 Å². The van der Waals surface area contributed by atoms with Gasteiger partial charge in [0, 0.05) is 0 Å². The second-order valence-electron chi connectivity index (χ2n) is 10.5. The summed E-state index contributed by atoms with van der Waals surface area (Å²) in [6.45, 7) is 35.6. The van der Waals surface area contributed by atoms with Crippen LogP contribution >= 0.6 is 0 Å². The monoisotopic (exact) mass is 790 g/mol. The van der Waals surface area contributed by atoms with Gasteiger partial charge in [0.1, 0.15) is 0 Å². The van der Waals surface area contributed by atoms with Crippen LogP contribution in [0.15, 0.2) is 0 Å². The zero-order chi connectivity index (χ0) is 24.3. The average molecular weight is 790 g/mol. The van der Waals surface area contributed by atoms with Crippen LogP contribution in [0.4, 0.5) is 0 Å². The van der Waals surface area contributed by atoms with Crippen LogP contribution < -0.4 is 0 Å². The van der Waals surface area contributed by atoms with Crippen LogP contribution in [0.1, 0.15) is 68.2 Å². The van der Waals surface area contributed by atoms with Crippen molar-refractivity contribution in [1.82, 2.24) is 0 Å². The summed E-state index contributed by atoms with van der Waals surface area (Å²) < 4.78 is 16.7. The molecule has 0 radical (unpaired) electrons. The summed E-state index contributed by atoms with van der Waals surface area (Å²) in [4.78, 5) is 0. The summed E-state index contributed by atoms with van der Waals surface area (Å²) in [6.07, 6.45) is 2.65. The molecular weight excluding hydrogens is 736 g/mol. The van der Waals surface area contributed by atoms with E-state index in [4.69, 9.17) is 6.80 Å². The Kier molecular flexibility index (Phi) is 25.3. The average Bonchev–Trinajstić information content (AvgIpc) is 2.73. The first-order chi connectivity index (χ1) is 13.9. The molecule has 0 N–H and O–H groups in total. The standard InChI is InChI=1S/2C13H24.2CH3.2O.2W/c2*1-8(2)13-7-9(3)10(4)11(5)12(13)6;;;;;;/h2*8-13H,1,4,7H2,2-3,5-6H3;2*1H3;;;;/q2*-2;2*-1;;;;. The Morgan fingerprint density at radius 3 is 1.00 bits per heavy atom. The SMILES string of the molecule is [CH2-]C(C)C1CC(C)C([CH2-])C(C)C1C.[CH2-]C(C)C1CC(C)C([CH2-])C(C)C1C.[CH3-].[CH3-].[O]=[W].[O]=[W]. The molecule has 0 aromatic rings. The topological polar surface area (TPSA) is 34.1 Å². The summed E-state index contributed by atoms with van der Waals surface area (Å²) in [7, 11) is 0. The van der Waals surface area contributed by atoms with Crippen LogP contribution in [0.25, 0.3) is 0 Å². The minimum atomic E-state index is 0. The molecule has 4 heteroatoms. The van der Waals surface area contributed by atoms with Gasteiger partial charge in [-0.25, -0.2) is 0 Å². The quantitative estimate of drug-likeness (QED) is 0.264. The van der Waals surface area contributed by atoms with Crippen molar-refractivity contribution in [3.63, 3.8) is 0 Å². The second-order valence-corrected chi connectivity index (χ2v) is 10.5. The Morgan fingerprint density at radius 2 is 0.812 bits per heavy atom. The molecule has 0 amide bonds. The first-order valence-corrected chi connectivity index (χ1v) is 13.9. The van der Waals surface area contributed by atoms with Gasteiger partial charge in [0.05, 0.1) is 0 Å². The number of hydrogen-bond acceptors (Lipinski definition) is 2. The van der Waals surface area contributed by atoms with E-state index in [0.717, 1.165) is 47.3 Å². The van der Waals surface area contributed by atoms with Crippen molar-refractivity contribution < 1.29 is 46.3 Å². The Hall–Kier alpha value is 0.977. The van der Waals surface area contributed by atoms with Gasteiger partial charge in [0.15, 0.2) is 0 Å². The molecule has 12 unspecified atom stereocenters. The molecule has 0 heterocycles. The zero-order valence-electron chi connectivity index (χ0n) is 22.8. The molecule has 196 valence electrons. The van der Waals surface area contributed by atoms with Gasteiger partial charge in [-0.1, -0.05) is 104 Å². The molecule has 32 heavy (non-hydrogen) atoms. The van der Waals surface area contributed by atoms with Gasteiger partial charge in [-0.3, -0.25) is 0 Å². The number of hydrogen-bond donors (Lipinski definition) is 0. The van der Waals surface area contributed by atoms with E-state index >= 15 is 0 Å². The van der Waals surface area contributed by atoms with Crippen molar-refractivity contribution >= 4 is 0 Å². The third kappa shape index (κ3) is 11.6. The number of rotatable bonds is 2. The molecule has 2 aliphatic rings. The fourth-order valence-corrected chi connectivity index (χ4v) is 5.73. The van der Waals surface area contributed by atoms with Crippen LogP contribution in [0, 0.1) is 114 Å². The van der Waals surface area contributed by atoms with Gasteiger partial charge < -0.3 is 42.5 Å². The molecule has 0 aromatic carbocycles. The van der Waals surface area contributed by atoms with E-state index in [1.807, 2.05) is 0 Å². The van der Waals surface area contributed by atoms with E-state index in [-0.39, 0.29) is 14.9 Å². The van der Waals surface area contributed by atoms with Gasteiger partial charge in [-0.15, -0.1) is 0 Å². The summed E-state index contributed by atoms with van der Waals surface area (Å²) >= 11 is 0.667. The molecule has 12 atom stereocenters. The van der Waals surface area contributed by atoms with Crippen LogP contribution in [0.5, 0.6) is 0 Å². The van der Waals surface area contributed by atoms with Crippen molar-refractivity contribution in [3.8, 4) is 0 Å². The van der Waals surface area contributed by atoms with Crippen LogP contribution in [0.2, 0.25) is 0 Å². The van der Waals surface area contributed by atoms with E-state index in [0.29, 0.717) is 63.2 Å². The fourth-order valence-electron chi connectivity index (χ4n) is 5.73.